The first kappa shape index (κ1) is 20.3. The maximum absolute atomic E-state index is 12.4. The summed E-state index contributed by atoms with van der Waals surface area (Å²) in [7, 11) is 1.31. The number of hydrogen-bond donors (Lipinski definition) is 0. The molecule has 0 unspecified atom stereocenters. The first-order valence-corrected chi connectivity index (χ1v) is 8.27. The lowest BCUT2D eigenvalue weighted by atomic mass is 10.2. The van der Waals surface area contributed by atoms with E-state index in [4.69, 9.17) is 25.6 Å². The molecule has 1 heterocycles. The summed E-state index contributed by atoms with van der Waals surface area (Å²) in [4.78, 5) is 14.3. The van der Waals surface area contributed by atoms with Gasteiger partial charge in [-0.3, -0.25) is 10.1 Å². The molecule has 0 spiro atoms. The number of ether oxygens (including phenoxy) is 3. The lowest BCUT2D eigenvalue weighted by Gasteiger charge is -2.10. The summed E-state index contributed by atoms with van der Waals surface area (Å²) in [6, 6.07) is 7.93. The fourth-order valence-electron chi connectivity index (χ4n) is 2.29. The monoisotopic (exact) mass is 427 g/mol. The summed E-state index contributed by atoms with van der Waals surface area (Å²) >= 11 is 5.95. The Labute approximate surface area is 166 Å². The molecule has 0 saturated heterocycles. The Morgan fingerprint density at radius 3 is 2.62 bits per heavy atom. The highest BCUT2D eigenvalue weighted by Gasteiger charge is 2.16. The Morgan fingerprint density at radius 2 is 1.97 bits per heavy atom. The van der Waals surface area contributed by atoms with Crippen molar-refractivity contribution in [3.05, 3.63) is 57.4 Å². The van der Waals surface area contributed by atoms with Crippen LogP contribution in [0.1, 0.15) is 5.89 Å². The van der Waals surface area contributed by atoms with Crippen LogP contribution in [0.4, 0.5) is 14.5 Å². The Morgan fingerprint density at radius 1 is 1.21 bits per heavy atom. The van der Waals surface area contributed by atoms with E-state index in [2.05, 4.69) is 14.9 Å². The van der Waals surface area contributed by atoms with Crippen LogP contribution in [-0.2, 0) is 6.61 Å². The molecule has 2 aromatic carbocycles. The van der Waals surface area contributed by atoms with Gasteiger partial charge < -0.3 is 18.7 Å². The highest BCUT2D eigenvalue weighted by molar-refractivity contribution is 6.32. The Bertz CT molecular complexity index is 1030. The molecule has 0 aliphatic carbocycles. The van der Waals surface area contributed by atoms with Crippen molar-refractivity contribution in [3.8, 4) is 28.6 Å². The molecule has 3 aromatic rings. The first-order chi connectivity index (χ1) is 13.9. The third-order valence-corrected chi connectivity index (χ3v) is 3.88. The normalized spacial score (nSPS) is 10.8. The number of nitro groups is 1. The fraction of sp³-hybridized carbons (Fsp3) is 0.176. The largest absolute Gasteiger partial charge is 0.493 e. The maximum atomic E-state index is 12.4. The summed E-state index contributed by atoms with van der Waals surface area (Å²) in [5.41, 5.74) is 0.266. The van der Waals surface area contributed by atoms with E-state index in [9.17, 15) is 18.9 Å². The second-order valence-corrected chi connectivity index (χ2v) is 5.82. The van der Waals surface area contributed by atoms with Crippen molar-refractivity contribution in [1.29, 1.82) is 0 Å². The smallest absolute Gasteiger partial charge is 0.387 e. The highest BCUT2D eigenvalue weighted by Crippen LogP contribution is 2.33. The van der Waals surface area contributed by atoms with Crippen molar-refractivity contribution in [2.45, 2.75) is 13.2 Å². The van der Waals surface area contributed by atoms with E-state index in [1.54, 1.807) is 0 Å². The van der Waals surface area contributed by atoms with Crippen LogP contribution in [0.3, 0.4) is 0 Å². The number of non-ortho nitro benzene ring substituents is 1. The van der Waals surface area contributed by atoms with Gasteiger partial charge in [-0.05, 0) is 24.3 Å². The van der Waals surface area contributed by atoms with Crippen molar-refractivity contribution in [2.24, 2.45) is 0 Å². The van der Waals surface area contributed by atoms with Crippen molar-refractivity contribution in [3.63, 3.8) is 0 Å². The molecule has 0 aliphatic heterocycles. The van der Waals surface area contributed by atoms with Crippen molar-refractivity contribution in [2.75, 3.05) is 7.11 Å². The summed E-state index contributed by atoms with van der Waals surface area (Å²) in [5.74, 6) is 0.406. The van der Waals surface area contributed by atoms with Gasteiger partial charge in [-0.1, -0.05) is 16.8 Å². The number of halogens is 3. The predicted octanol–water partition coefficient (Wildman–Crippen LogP) is 4.49. The van der Waals surface area contributed by atoms with Gasteiger partial charge >= 0.3 is 6.61 Å². The molecule has 0 atom stereocenters. The minimum Gasteiger partial charge on any atom is -0.493 e. The quantitative estimate of drug-likeness (QED) is 0.382. The van der Waals surface area contributed by atoms with E-state index in [1.807, 2.05) is 0 Å². The zero-order valence-corrected chi connectivity index (χ0v) is 15.4. The van der Waals surface area contributed by atoms with Crippen LogP contribution < -0.4 is 14.2 Å². The molecule has 0 N–H and O–H groups in total. The average Bonchev–Trinajstić information content (AvgIpc) is 3.15. The van der Waals surface area contributed by atoms with Crippen molar-refractivity contribution >= 4 is 17.3 Å². The molecule has 152 valence electrons. The third-order valence-electron chi connectivity index (χ3n) is 3.58. The number of alkyl halides is 2. The molecule has 0 bridgehead atoms. The number of hydrogen-bond acceptors (Lipinski definition) is 8. The number of methoxy groups -OCH3 is 1. The van der Waals surface area contributed by atoms with E-state index in [0.29, 0.717) is 5.56 Å². The lowest BCUT2D eigenvalue weighted by molar-refractivity contribution is -0.384. The summed E-state index contributed by atoms with van der Waals surface area (Å²) in [5, 5.41) is 14.6. The Hall–Kier alpha value is -3.47. The second kappa shape index (κ2) is 8.69. The molecule has 0 amide bonds. The van der Waals surface area contributed by atoms with Crippen LogP contribution in [0.25, 0.3) is 11.4 Å². The molecular weight excluding hydrogens is 416 g/mol. The SMILES string of the molecule is COc1cc(-c2noc(COc3ccc([N+](=O)[O-])cc3Cl)n2)ccc1OC(F)F. The first-order valence-electron chi connectivity index (χ1n) is 7.90. The average molecular weight is 428 g/mol. The number of nitro benzene ring substituents is 1. The lowest BCUT2D eigenvalue weighted by Crippen LogP contribution is -2.03. The van der Waals surface area contributed by atoms with Gasteiger partial charge in [-0.2, -0.15) is 13.8 Å². The molecule has 0 fully saturated rings. The van der Waals surface area contributed by atoms with Crippen LogP contribution in [0.15, 0.2) is 40.9 Å². The number of benzene rings is 2. The molecule has 1 aromatic heterocycles. The van der Waals surface area contributed by atoms with Gasteiger partial charge in [-0.25, -0.2) is 0 Å². The zero-order valence-electron chi connectivity index (χ0n) is 14.7. The molecule has 3 rings (SSSR count). The minimum atomic E-state index is -2.99. The topological polar surface area (TPSA) is 110 Å². The van der Waals surface area contributed by atoms with E-state index in [-0.39, 0.29) is 46.3 Å². The van der Waals surface area contributed by atoms with E-state index >= 15 is 0 Å². The van der Waals surface area contributed by atoms with Crippen LogP contribution in [-0.4, -0.2) is 28.8 Å². The van der Waals surface area contributed by atoms with E-state index in [1.165, 1.54) is 37.4 Å². The molecule has 29 heavy (non-hydrogen) atoms. The molecule has 0 saturated carbocycles. The number of nitrogens with zero attached hydrogens (tertiary/aromatic N) is 3. The highest BCUT2D eigenvalue weighted by atomic mass is 35.5. The van der Waals surface area contributed by atoms with Crippen LogP contribution in [0.5, 0.6) is 17.2 Å². The van der Waals surface area contributed by atoms with E-state index < -0.39 is 11.5 Å². The zero-order chi connectivity index (χ0) is 21.0. The van der Waals surface area contributed by atoms with Crippen LogP contribution >= 0.6 is 11.6 Å². The van der Waals surface area contributed by atoms with Gasteiger partial charge in [-0.15, -0.1) is 0 Å². The number of aromatic nitrogens is 2. The second-order valence-electron chi connectivity index (χ2n) is 5.42. The van der Waals surface area contributed by atoms with Gasteiger partial charge in [0.25, 0.3) is 11.6 Å². The van der Waals surface area contributed by atoms with Crippen LogP contribution in [0.2, 0.25) is 5.02 Å². The maximum Gasteiger partial charge on any atom is 0.387 e. The standard InChI is InChI=1S/C17H12ClF2N3O6/c1-26-14-6-9(2-4-13(14)28-17(19)20)16-21-15(29-22-16)8-27-12-5-3-10(23(24)25)7-11(12)18/h2-7,17H,8H2,1H3. The van der Waals surface area contributed by atoms with E-state index in [0.717, 1.165) is 6.07 Å². The van der Waals surface area contributed by atoms with Gasteiger partial charge in [0.15, 0.2) is 18.1 Å². The van der Waals surface area contributed by atoms with Crippen molar-refractivity contribution < 1.29 is 32.4 Å². The molecular formula is C17H12ClF2N3O6. The predicted molar refractivity (Wildman–Crippen MR) is 95.4 cm³/mol. The van der Waals surface area contributed by atoms with Gasteiger partial charge in [0.2, 0.25) is 5.82 Å². The summed E-state index contributed by atoms with van der Waals surface area (Å²) in [6.07, 6.45) is 0. The van der Waals surface area contributed by atoms with Crippen LogP contribution in [0, 0.1) is 10.1 Å². The molecule has 12 heteroatoms. The minimum absolute atomic E-state index is 0.0540. The summed E-state index contributed by atoms with van der Waals surface area (Å²) in [6.45, 7) is -3.14. The Balaban J connectivity index is 1.72. The number of rotatable bonds is 8. The van der Waals surface area contributed by atoms with Crippen molar-refractivity contribution in [1.82, 2.24) is 10.1 Å². The molecule has 0 radical (unpaired) electrons. The van der Waals surface area contributed by atoms with Gasteiger partial charge in [0.1, 0.15) is 5.75 Å². The molecule has 9 nitrogen and oxygen atoms in total. The van der Waals surface area contributed by atoms with Gasteiger partial charge in [0.05, 0.1) is 17.1 Å². The molecule has 0 aliphatic rings. The fourth-order valence-corrected chi connectivity index (χ4v) is 2.52. The summed E-state index contributed by atoms with van der Waals surface area (Å²) < 4.78 is 44.7. The van der Waals surface area contributed by atoms with Gasteiger partial charge in [0, 0.05) is 17.7 Å². The Kier molecular flexibility index (Phi) is 6.07. The third kappa shape index (κ3) is 4.88.